The number of hydrogen-bond acceptors (Lipinski definition) is 5. The highest BCUT2D eigenvalue weighted by Gasteiger charge is 2.21. The van der Waals surface area contributed by atoms with E-state index in [0.717, 1.165) is 28.7 Å². The monoisotopic (exact) mass is 410 g/mol. The molecule has 0 bridgehead atoms. The molecule has 1 N–H and O–H groups in total. The quantitative estimate of drug-likeness (QED) is 0.671. The van der Waals surface area contributed by atoms with Crippen LogP contribution in [-0.2, 0) is 36.6 Å². The molecular weight excluding hydrogens is 388 g/mol. The molecule has 0 saturated carbocycles. The highest BCUT2D eigenvalue weighted by atomic mass is 16.2. The minimum Gasteiger partial charge on any atom is -0.328 e. The van der Waals surface area contributed by atoms with Crippen molar-refractivity contribution in [2.45, 2.75) is 26.3 Å². The van der Waals surface area contributed by atoms with Crippen LogP contribution < -0.4 is 21.5 Å². The molecule has 0 unspecified atom stereocenters. The smallest absolute Gasteiger partial charge is 0.328 e. The summed E-state index contributed by atoms with van der Waals surface area (Å²) in [6, 6.07) is 5.34. The average Bonchev–Trinajstić information content (AvgIpc) is 3.10. The highest BCUT2D eigenvalue weighted by molar-refractivity contribution is 5.94. The van der Waals surface area contributed by atoms with Crippen molar-refractivity contribution in [3.63, 3.8) is 0 Å². The zero-order valence-electron chi connectivity index (χ0n) is 17.0. The zero-order valence-corrected chi connectivity index (χ0v) is 17.0. The van der Waals surface area contributed by atoms with E-state index in [4.69, 9.17) is 0 Å². The summed E-state index contributed by atoms with van der Waals surface area (Å²) in [6.45, 7) is 1.79. The number of amides is 2. The normalized spacial score (nSPS) is 13.4. The summed E-state index contributed by atoms with van der Waals surface area (Å²) in [5.74, 6) is -0.511. The molecule has 1 aromatic carbocycles. The van der Waals surface area contributed by atoms with E-state index in [1.165, 1.54) is 29.4 Å². The van der Waals surface area contributed by atoms with Crippen LogP contribution in [0.4, 0.5) is 11.4 Å². The molecule has 10 nitrogen and oxygen atoms in total. The predicted octanol–water partition coefficient (Wildman–Crippen LogP) is 0.372. The van der Waals surface area contributed by atoms with Gasteiger partial charge in [-0.2, -0.15) is 0 Å². The lowest BCUT2D eigenvalue weighted by molar-refractivity contribution is -0.117. The Morgan fingerprint density at radius 3 is 2.70 bits per heavy atom. The van der Waals surface area contributed by atoms with Crippen molar-refractivity contribution in [1.29, 1.82) is 0 Å². The third-order valence-corrected chi connectivity index (χ3v) is 5.36. The lowest BCUT2D eigenvalue weighted by Gasteiger charge is -2.29. The van der Waals surface area contributed by atoms with Crippen molar-refractivity contribution in [3.05, 3.63) is 50.9 Å². The van der Waals surface area contributed by atoms with E-state index in [-0.39, 0.29) is 17.1 Å². The van der Waals surface area contributed by atoms with Gasteiger partial charge in [-0.3, -0.25) is 19.0 Å². The Kier molecular flexibility index (Phi) is 4.76. The van der Waals surface area contributed by atoms with Crippen molar-refractivity contribution < 1.29 is 9.59 Å². The van der Waals surface area contributed by atoms with Gasteiger partial charge in [0.1, 0.15) is 6.54 Å². The van der Waals surface area contributed by atoms with Crippen molar-refractivity contribution in [2.24, 2.45) is 14.1 Å². The minimum absolute atomic E-state index is 0.0199. The van der Waals surface area contributed by atoms with E-state index in [0.29, 0.717) is 12.2 Å². The Balaban J connectivity index is 1.61. The first kappa shape index (κ1) is 19.6. The number of nitrogens with one attached hydrogen (secondary N) is 1. The maximum Gasteiger partial charge on any atom is 0.332 e. The molecule has 1 aliphatic rings. The zero-order chi connectivity index (χ0) is 21.6. The molecule has 1 aliphatic heterocycles. The fraction of sp³-hybridized carbons (Fsp3) is 0.350. The first-order valence-corrected chi connectivity index (χ1v) is 9.59. The van der Waals surface area contributed by atoms with E-state index < -0.39 is 23.7 Å². The second-order valence-corrected chi connectivity index (χ2v) is 7.43. The van der Waals surface area contributed by atoms with Gasteiger partial charge in [0.05, 0.1) is 6.33 Å². The molecule has 0 saturated heterocycles. The van der Waals surface area contributed by atoms with E-state index in [9.17, 15) is 19.2 Å². The molecule has 3 aromatic rings. The fourth-order valence-electron chi connectivity index (χ4n) is 3.88. The van der Waals surface area contributed by atoms with Gasteiger partial charge in [-0.25, -0.2) is 14.3 Å². The second-order valence-electron chi connectivity index (χ2n) is 7.43. The Morgan fingerprint density at radius 2 is 1.97 bits per heavy atom. The van der Waals surface area contributed by atoms with Gasteiger partial charge in [-0.15, -0.1) is 0 Å². The van der Waals surface area contributed by atoms with Gasteiger partial charge < -0.3 is 14.8 Å². The summed E-state index contributed by atoms with van der Waals surface area (Å²) >= 11 is 0. The largest absolute Gasteiger partial charge is 0.332 e. The maximum atomic E-state index is 12.7. The van der Waals surface area contributed by atoms with Crippen LogP contribution in [0.5, 0.6) is 0 Å². The van der Waals surface area contributed by atoms with Crippen LogP contribution in [0.15, 0.2) is 34.1 Å². The molecule has 0 atom stereocenters. The number of carbonyl (C=O) groups excluding carboxylic acids is 2. The van der Waals surface area contributed by atoms with Crippen LogP contribution in [0.1, 0.15) is 18.9 Å². The lowest BCUT2D eigenvalue weighted by Crippen LogP contribution is -2.42. The molecule has 0 fully saturated rings. The van der Waals surface area contributed by atoms with Gasteiger partial charge in [0, 0.05) is 38.9 Å². The number of hydrogen-bond donors (Lipinski definition) is 1. The molecule has 30 heavy (non-hydrogen) atoms. The molecule has 0 radical (unpaired) electrons. The second kappa shape index (κ2) is 7.29. The van der Waals surface area contributed by atoms with Crippen LogP contribution in [-0.4, -0.2) is 37.0 Å². The molecule has 4 rings (SSSR count). The Labute approximate surface area is 171 Å². The Bertz CT molecular complexity index is 1300. The molecule has 3 heterocycles. The van der Waals surface area contributed by atoms with Crippen LogP contribution in [0.3, 0.4) is 0 Å². The highest BCUT2D eigenvalue weighted by Crippen LogP contribution is 2.29. The lowest BCUT2D eigenvalue weighted by atomic mass is 10.0. The molecular formula is C20H22N6O4. The van der Waals surface area contributed by atoms with Crippen molar-refractivity contribution in [1.82, 2.24) is 18.7 Å². The third kappa shape index (κ3) is 3.19. The van der Waals surface area contributed by atoms with Gasteiger partial charge in [0.2, 0.25) is 11.8 Å². The summed E-state index contributed by atoms with van der Waals surface area (Å²) < 4.78 is 3.67. The van der Waals surface area contributed by atoms with Crippen molar-refractivity contribution >= 4 is 34.4 Å². The molecule has 2 amide bonds. The number of benzene rings is 1. The summed E-state index contributed by atoms with van der Waals surface area (Å²) in [6.07, 6.45) is 3.10. The van der Waals surface area contributed by atoms with Gasteiger partial charge in [0.25, 0.3) is 5.56 Å². The van der Waals surface area contributed by atoms with Crippen LogP contribution >= 0.6 is 0 Å². The van der Waals surface area contributed by atoms with Crippen LogP contribution in [0.2, 0.25) is 0 Å². The predicted molar refractivity (Wildman–Crippen MR) is 112 cm³/mol. The first-order chi connectivity index (χ1) is 14.3. The first-order valence-electron chi connectivity index (χ1n) is 9.59. The maximum absolute atomic E-state index is 12.7. The summed E-state index contributed by atoms with van der Waals surface area (Å²) in [5, 5.41) is 2.74. The minimum atomic E-state index is -0.608. The third-order valence-electron chi connectivity index (χ3n) is 5.36. The Morgan fingerprint density at radius 1 is 1.20 bits per heavy atom. The number of carbonyl (C=O) groups is 2. The topological polar surface area (TPSA) is 111 Å². The molecule has 10 heteroatoms. The number of imidazole rings is 1. The number of fused-ring (bicyclic) bond motifs is 2. The molecule has 156 valence electrons. The average molecular weight is 410 g/mol. The standard InChI is InChI=1S/C20H22N6O4/c1-12(27)25-8-4-5-13-9-14(6-7-15(13)25)22-16(28)10-26-19(29)17-18(21-11-23(17)2)24(3)20(26)30/h6-7,9,11H,4-5,8,10H2,1-3H3,(H,22,28). The van der Waals surface area contributed by atoms with Gasteiger partial charge in [-0.1, -0.05) is 0 Å². The molecule has 0 spiro atoms. The van der Waals surface area contributed by atoms with Gasteiger partial charge >= 0.3 is 5.69 Å². The van der Waals surface area contributed by atoms with E-state index in [1.807, 2.05) is 6.07 Å². The molecule has 0 aliphatic carbocycles. The Hall–Kier alpha value is -3.69. The SMILES string of the molecule is CC(=O)N1CCCc2cc(NC(=O)Cn3c(=O)c4c(ncn4C)n(C)c3=O)ccc21. The molecule has 2 aromatic heterocycles. The van der Waals surface area contributed by atoms with Crippen LogP contribution in [0, 0.1) is 0 Å². The number of nitrogens with zero attached hydrogens (tertiary/aromatic N) is 5. The van der Waals surface area contributed by atoms with E-state index >= 15 is 0 Å². The van der Waals surface area contributed by atoms with Gasteiger partial charge in [0.15, 0.2) is 11.2 Å². The van der Waals surface area contributed by atoms with E-state index in [1.54, 1.807) is 24.1 Å². The summed E-state index contributed by atoms with van der Waals surface area (Å²) in [4.78, 5) is 55.5. The van der Waals surface area contributed by atoms with Crippen molar-refractivity contribution in [2.75, 3.05) is 16.8 Å². The van der Waals surface area contributed by atoms with E-state index in [2.05, 4.69) is 10.3 Å². The fourth-order valence-corrected chi connectivity index (χ4v) is 3.88. The number of aromatic nitrogens is 4. The number of rotatable bonds is 3. The van der Waals surface area contributed by atoms with Crippen LogP contribution in [0.25, 0.3) is 11.2 Å². The van der Waals surface area contributed by atoms with Crippen molar-refractivity contribution in [3.8, 4) is 0 Å². The number of aryl methyl sites for hydroxylation is 3. The summed E-state index contributed by atoms with van der Waals surface area (Å²) in [7, 11) is 3.17. The number of anilines is 2. The van der Waals surface area contributed by atoms with Gasteiger partial charge in [-0.05, 0) is 36.6 Å². The summed E-state index contributed by atoms with van der Waals surface area (Å²) in [5.41, 5.74) is 1.72.